The Hall–Kier alpha value is -1.90. The molecule has 0 atom stereocenters. The summed E-state index contributed by atoms with van der Waals surface area (Å²) in [7, 11) is 0. The summed E-state index contributed by atoms with van der Waals surface area (Å²) in [6.07, 6.45) is 0. The van der Waals surface area contributed by atoms with E-state index in [0.29, 0.717) is 6.54 Å². The van der Waals surface area contributed by atoms with Crippen LogP contribution in [0.25, 0.3) is 11.0 Å². The third-order valence-corrected chi connectivity index (χ3v) is 4.24. The number of nitrogens with zero attached hydrogens (tertiary/aromatic N) is 5. The van der Waals surface area contributed by atoms with E-state index < -0.39 is 0 Å². The van der Waals surface area contributed by atoms with Crippen LogP contribution < -0.4 is 0 Å². The van der Waals surface area contributed by atoms with Crippen LogP contribution >= 0.6 is 0 Å². The Bertz CT molecular complexity index is 646. The molecule has 0 radical (unpaired) electrons. The summed E-state index contributed by atoms with van der Waals surface area (Å²) in [6, 6.07) is 10.3. The SMILES string of the molecule is CCN1CCN(Cc2nc3ccccc3n2CC#N)CC1. The van der Waals surface area contributed by atoms with Crippen LogP contribution in [-0.4, -0.2) is 52.1 Å². The third-order valence-electron chi connectivity index (χ3n) is 4.24. The summed E-state index contributed by atoms with van der Waals surface area (Å²) in [5, 5.41) is 9.08. The molecule has 0 spiro atoms. The number of aromatic nitrogens is 2. The number of para-hydroxylation sites is 2. The van der Waals surface area contributed by atoms with Crippen molar-refractivity contribution in [2.24, 2.45) is 0 Å². The fraction of sp³-hybridized carbons (Fsp3) is 0.500. The van der Waals surface area contributed by atoms with Crippen molar-refractivity contribution in [1.29, 1.82) is 5.26 Å². The van der Waals surface area contributed by atoms with Crippen molar-refractivity contribution >= 4 is 11.0 Å². The molecule has 0 saturated carbocycles. The van der Waals surface area contributed by atoms with E-state index in [4.69, 9.17) is 10.2 Å². The van der Waals surface area contributed by atoms with Gasteiger partial charge in [0.05, 0.1) is 23.6 Å². The first kappa shape index (κ1) is 14.1. The smallest absolute Gasteiger partial charge is 0.125 e. The Balaban J connectivity index is 1.80. The van der Waals surface area contributed by atoms with Crippen molar-refractivity contribution in [2.45, 2.75) is 20.0 Å². The van der Waals surface area contributed by atoms with Gasteiger partial charge in [0.25, 0.3) is 0 Å². The average Bonchev–Trinajstić information content (AvgIpc) is 2.86. The van der Waals surface area contributed by atoms with Gasteiger partial charge in [0.1, 0.15) is 12.4 Å². The van der Waals surface area contributed by atoms with Crippen LogP contribution in [0.1, 0.15) is 12.7 Å². The Labute approximate surface area is 125 Å². The topological polar surface area (TPSA) is 48.1 Å². The van der Waals surface area contributed by atoms with E-state index >= 15 is 0 Å². The summed E-state index contributed by atoms with van der Waals surface area (Å²) in [5.41, 5.74) is 2.04. The fourth-order valence-corrected chi connectivity index (χ4v) is 2.96. The lowest BCUT2D eigenvalue weighted by molar-refractivity contribution is 0.129. The molecule has 110 valence electrons. The van der Waals surface area contributed by atoms with Gasteiger partial charge >= 0.3 is 0 Å². The van der Waals surface area contributed by atoms with Gasteiger partial charge in [-0.25, -0.2) is 4.98 Å². The number of rotatable bonds is 4. The monoisotopic (exact) mass is 283 g/mol. The summed E-state index contributed by atoms with van der Waals surface area (Å²) >= 11 is 0. The van der Waals surface area contributed by atoms with E-state index in [1.54, 1.807) is 0 Å². The zero-order valence-electron chi connectivity index (χ0n) is 12.5. The normalized spacial score (nSPS) is 17.1. The summed E-state index contributed by atoms with van der Waals surface area (Å²) in [4.78, 5) is 9.62. The molecule has 0 amide bonds. The van der Waals surface area contributed by atoms with Gasteiger partial charge < -0.3 is 9.47 Å². The van der Waals surface area contributed by atoms with Crippen molar-refractivity contribution in [3.05, 3.63) is 30.1 Å². The van der Waals surface area contributed by atoms with Crippen LogP contribution in [0.3, 0.4) is 0 Å². The predicted octanol–water partition coefficient (Wildman–Crippen LogP) is 1.70. The molecule has 1 aromatic heterocycles. The number of hydrogen-bond donors (Lipinski definition) is 0. The predicted molar refractivity (Wildman–Crippen MR) is 82.7 cm³/mol. The molecule has 5 nitrogen and oxygen atoms in total. The maximum atomic E-state index is 9.08. The number of benzene rings is 1. The number of nitriles is 1. The summed E-state index contributed by atoms with van der Waals surface area (Å²) in [5.74, 6) is 1.00. The maximum Gasteiger partial charge on any atom is 0.125 e. The molecule has 2 aromatic rings. The molecule has 5 heteroatoms. The quantitative estimate of drug-likeness (QED) is 0.857. The molecule has 0 N–H and O–H groups in total. The highest BCUT2D eigenvalue weighted by Gasteiger charge is 2.18. The van der Waals surface area contributed by atoms with Gasteiger partial charge in [0.15, 0.2) is 0 Å². The molecule has 1 saturated heterocycles. The number of likely N-dealkylation sites (N-methyl/N-ethyl adjacent to an activating group) is 1. The number of hydrogen-bond acceptors (Lipinski definition) is 4. The highest BCUT2D eigenvalue weighted by molar-refractivity contribution is 5.76. The fourth-order valence-electron chi connectivity index (χ4n) is 2.96. The zero-order chi connectivity index (χ0) is 14.7. The van der Waals surface area contributed by atoms with E-state index in [-0.39, 0.29) is 0 Å². The summed E-state index contributed by atoms with van der Waals surface area (Å²) < 4.78 is 2.04. The molecule has 1 fully saturated rings. The molecule has 2 heterocycles. The highest BCUT2D eigenvalue weighted by Crippen LogP contribution is 2.17. The minimum Gasteiger partial charge on any atom is -0.313 e. The first-order chi connectivity index (χ1) is 10.3. The number of fused-ring (bicyclic) bond motifs is 1. The van der Waals surface area contributed by atoms with Crippen molar-refractivity contribution in [3.63, 3.8) is 0 Å². The number of imidazole rings is 1. The highest BCUT2D eigenvalue weighted by atomic mass is 15.3. The minimum absolute atomic E-state index is 0.366. The number of piperazine rings is 1. The van der Waals surface area contributed by atoms with Crippen LogP contribution in [0.15, 0.2) is 24.3 Å². The molecular weight excluding hydrogens is 262 g/mol. The lowest BCUT2D eigenvalue weighted by atomic mass is 10.3. The first-order valence-corrected chi connectivity index (χ1v) is 7.57. The van der Waals surface area contributed by atoms with E-state index in [1.807, 2.05) is 28.8 Å². The van der Waals surface area contributed by atoms with Gasteiger partial charge in [-0.3, -0.25) is 4.90 Å². The molecule has 1 aromatic carbocycles. The third kappa shape index (κ3) is 2.92. The van der Waals surface area contributed by atoms with Crippen molar-refractivity contribution in [1.82, 2.24) is 19.4 Å². The second kappa shape index (κ2) is 6.25. The first-order valence-electron chi connectivity index (χ1n) is 7.57. The Morgan fingerprint density at radius 3 is 2.57 bits per heavy atom. The van der Waals surface area contributed by atoms with Crippen molar-refractivity contribution in [3.8, 4) is 6.07 Å². The Morgan fingerprint density at radius 1 is 1.14 bits per heavy atom. The summed E-state index contributed by atoms with van der Waals surface area (Å²) in [6.45, 7) is 8.92. The standard InChI is InChI=1S/C16H21N5/c1-2-19-9-11-20(12-10-19)13-16-18-14-5-3-4-6-15(14)21(16)8-7-17/h3-6H,2,8-13H2,1H3. The van der Waals surface area contributed by atoms with Gasteiger partial charge in [0, 0.05) is 26.2 Å². The molecule has 0 bridgehead atoms. The second-order valence-corrected chi connectivity index (χ2v) is 5.47. The lowest BCUT2D eigenvalue weighted by Gasteiger charge is -2.33. The zero-order valence-corrected chi connectivity index (χ0v) is 12.5. The van der Waals surface area contributed by atoms with E-state index in [1.165, 1.54) is 0 Å². The Morgan fingerprint density at radius 2 is 1.86 bits per heavy atom. The van der Waals surface area contributed by atoms with E-state index in [9.17, 15) is 0 Å². The largest absolute Gasteiger partial charge is 0.313 e. The second-order valence-electron chi connectivity index (χ2n) is 5.47. The van der Waals surface area contributed by atoms with E-state index in [2.05, 4.69) is 22.8 Å². The van der Waals surface area contributed by atoms with Crippen LogP contribution in [-0.2, 0) is 13.1 Å². The van der Waals surface area contributed by atoms with Gasteiger partial charge in [-0.2, -0.15) is 5.26 Å². The molecular formula is C16H21N5. The van der Waals surface area contributed by atoms with Gasteiger partial charge in [-0.1, -0.05) is 19.1 Å². The van der Waals surface area contributed by atoms with Crippen molar-refractivity contribution < 1.29 is 0 Å². The van der Waals surface area contributed by atoms with Crippen LogP contribution in [0.5, 0.6) is 0 Å². The van der Waals surface area contributed by atoms with Crippen LogP contribution in [0.2, 0.25) is 0 Å². The lowest BCUT2D eigenvalue weighted by Crippen LogP contribution is -2.45. The molecule has 0 aliphatic carbocycles. The molecule has 0 unspecified atom stereocenters. The van der Waals surface area contributed by atoms with Crippen LogP contribution in [0.4, 0.5) is 0 Å². The van der Waals surface area contributed by atoms with Gasteiger partial charge in [0.2, 0.25) is 0 Å². The molecule has 21 heavy (non-hydrogen) atoms. The molecule has 3 rings (SSSR count). The van der Waals surface area contributed by atoms with Gasteiger partial charge in [-0.15, -0.1) is 0 Å². The van der Waals surface area contributed by atoms with Crippen LogP contribution in [0, 0.1) is 11.3 Å². The Kier molecular flexibility index (Phi) is 4.18. The van der Waals surface area contributed by atoms with Crippen molar-refractivity contribution in [2.75, 3.05) is 32.7 Å². The maximum absolute atomic E-state index is 9.08. The average molecular weight is 283 g/mol. The molecule has 1 aliphatic heterocycles. The van der Waals surface area contributed by atoms with Gasteiger partial charge in [-0.05, 0) is 18.7 Å². The molecule has 1 aliphatic rings. The van der Waals surface area contributed by atoms with E-state index in [0.717, 1.165) is 56.1 Å². The minimum atomic E-state index is 0.366.